The van der Waals surface area contributed by atoms with E-state index >= 15 is 0 Å². The molecule has 1 atom stereocenters. The number of nitriles is 1. The molecule has 0 aliphatic carbocycles. The summed E-state index contributed by atoms with van der Waals surface area (Å²) in [5, 5.41) is 19.1. The van der Waals surface area contributed by atoms with Crippen LogP contribution in [0.4, 0.5) is 0 Å². The number of aromatic carboxylic acids is 1. The summed E-state index contributed by atoms with van der Waals surface area (Å²) in [7, 11) is 1.45. The first kappa shape index (κ1) is 26.7. The smallest absolute Gasteiger partial charge is 0.335 e. The van der Waals surface area contributed by atoms with E-state index in [4.69, 9.17) is 21.4 Å². The highest BCUT2D eigenvalue weighted by Gasteiger charge is 2.28. The van der Waals surface area contributed by atoms with Crippen molar-refractivity contribution >= 4 is 23.4 Å². The van der Waals surface area contributed by atoms with Crippen molar-refractivity contribution in [2.75, 3.05) is 7.11 Å². The van der Waals surface area contributed by atoms with Crippen LogP contribution in [-0.4, -0.2) is 28.5 Å². The van der Waals surface area contributed by atoms with E-state index in [1.807, 2.05) is 20.8 Å². The van der Waals surface area contributed by atoms with E-state index < -0.39 is 17.6 Å². The minimum absolute atomic E-state index is 0.0318. The van der Waals surface area contributed by atoms with Crippen LogP contribution in [0.3, 0.4) is 0 Å². The molecule has 0 amide bonds. The molecule has 3 aromatic rings. The minimum atomic E-state index is -1.04. The van der Waals surface area contributed by atoms with Crippen molar-refractivity contribution in [2.45, 2.75) is 39.7 Å². The fraction of sp³-hybridized carbons (Fsp3) is 0.286. The first-order chi connectivity index (χ1) is 16.9. The Balaban J connectivity index is 2.07. The number of hydrogen-bond donors (Lipinski definition) is 1. The van der Waals surface area contributed by atoms with Gasteiger partial charge in [0.15, 0.2) is 5.78 Å². The van der Waals surface area contributed by atoms with Gasteiger partial charge in [-0.2, -0.15) is 5.26 Å². The van der Waals surface area contributed by atoms with Gasteiger partial charge in [0.25, 0.3) is 5.56 Å². The second kappa shape index (κ2) is 10.8. The predicted molar refractivity (Wildman–Crippen MR) is 138 cm³/mol. The maximum absolute atomic E-state index is 13.5. The number of methoxy groups -OCH3 is 1. The van der Waals surface area contributed by atoms with Crippen LogP contribution in [0.1, 0.15) is 54.7 Å². The van der Waals surface area contributed by atoms with E-state index in [0.29, 0.717) is 39.4 Å². The average Bonchev–Trinajstić information content (AvgIpc) is 2.82. The number of carboxylic acid groups (broad SMARTS) is 1. The molecule has 1 unspecified atom stereocenters. The quantitative estimate of drug-likeness (QED) is 0.429. The van der Waals surface area contributed by atoms with Gasteiger partial charge in [-0.25, -0.2) is 4.79 Å². The van der Waals surface area contributed by atoms with Crippen molar-refractivity contribution in [3.63, 3.8) is 0 Å². The second-order valence-electron chi connectivity index (χ2n) is 9.73. The molecule has 36 heavy (non-hydrogen) atoms. The summed E-state index contributed by atoms with van der Waals surface area (Å²) in [6, 6.07) is 13.5. The number of hydrogen-bond acceptors (Lipinski definition) is 5. The van der Waals surface area contributed by atoms with Crippen LogP contribution < -0.4 is 10.3 Å². The molecule has 8 heteroatoms. The highest BCUT2D eigenvalue weighted by Crippen LogP contribution is 2.35. The molecule has 1 heterocycles. The Morgan fingerprint density at radius 2 is 1.78 bits per heavy atom. The molecule has 2 aromatic carbocycles. The van der Waals surface area contributed by atoms with E-state index in [0.717, 1.165) is 0 Å². The normalized spacial score (nSPS) is 12.0. The largest absolute Gasteiger partial charge is 0.495 e. The van der Waals surface area contributed by atoms with E-state index in [9.17, 15) is 19.6 Å². The van der Waals surface area contributed by atoms with E-state index in [1.54, 1.807) is 30.3 Å². The highest BCUT2D eigenvalue weighted by atomic mass is 35.5. The lowest BCUT2D eigenvalue weighted by atomic mass is 9.85. The average molecular weight is 507 g/mol. The van der Waals surface area contributed by atoms with Crippen LogP contribution in [0.5, 0.6) is 5.75 Å². The standard InChI is InChI=1S/C28H27ClN2O5/c1-28(2,3)14-23(24(32)11-17-5-7-18(8-6-17)27(34)35)31-16-25(36-4)22(13-26(31)33)21-12-20(29)10-9-19(21)15-30/h5-10,12-13,16,23H,11,14H2,1-4H3,(H,34,35). The fourth-order valence-corrected chi connectivity index (χ4v) is 4.19. The molecule has 0 radical (unpaired) electrons. The zero-order valence-corrected chi connectivity index (χ0v) is 21.3. The second-order valence-corrected chi connectivity index (χ2v) is 10.2. The Labute approximate surface area is 214 Å². The summed E-state index contributed by atoms with van der Waals surface area (Å²) in [6.07, 6.45) is 1.92. The summed E-state index contributed by atoms with van der Waals surface area (Å²) in [6.45, 7) is 5.95. The number of nitrogens with zero attached hydrogens (tertiary/aromatic N) is 2. The van der Waals surface area contributed by atoms with Gasteiger partial charge in [-0.05, 0) is 47.7 Å². The molecule has 0 aliphatic heterocycles. The molecule has 0 fully saturated rings. The van der Waals surface area contributed by atoms with Crippen molar-refractivity contribution in [3.05, 3.63) is 86.8 Å². The summed E-state index contributed by atoms with van der Waals surface area (Å²) in [4.78, 5) is 38.0. The van der Waals surface area contributed by atoms with Gasteiger partial charge in [-0.1, -0.05) is 44.5 Å². The van der Waals surface area contributed by atoms with Gasteiger partial charge in [0, 0.05) is 28.6 Å². The monoisotopic (exact) mass is 506 g/mol. The molecule has 0 saturated carbocycles. The lowest BCUT2D eigenvalue weighted by molar-refractivity contribution is -0.122. The molecule has 0 bridgehead atoms. The van der Waals surface area contributed by atoms with Gasteiger partial charge < -0.3 is 14.4 Å². The highest BCUT2D eigenvalue weighted by molar-refractivity contribution is 6.31. The molecule has 0 saturated heterocycles. The summed E-state index contributed by atoms with van der Waals surface area (Å²) in [5.74, 6) is -0.909. The van der Waals surface area contributed by atoms with Crippen molar-refractivity contribution in [1.82, 2.24) is 4.57 Å². The molecule has 7 nitrogen and oxygen atoms in total. The van der Waals surface area contributed by atoms with Gasteiger partial charge in [-0.3, -0.25) is 9.59 Å². The summed E-state index contributed by atoms with van der Waals surface area (Å²) >= 11 is 6.15. The van der Waals surface area contributed by atoms with Gasteiger partial charge in [-0.15, -0.1) is 0 Å². The summed E-state index contributed by atoms with van der Waals surface area (Å²) in [5.41, 5.74) is 1.29. The zero-order chi connectivity index (χ0) is 26.6. The third-order valence-corrected chi connectivity index (χ3v) is 5.98. The number of benzene rings is 2. The van der Waals surface area contributed by atoms with Crippen molar-refractivity contribution in [2.24, 2.45) is 5.41 Å². The van der Waals surface area contributed by atoms with Crippen LogP contribution in [0.15, 0.2) is 59.5 Å². The number of pyridine rings is 1. The topological polar surface area (TPSA) is 109 Å². The van der Waals surface area contributed by atoms with Gasteiger partial charge in [0.2, 0.25) is 0 Å². The number of carboxylic acids is 1. The number of ketones is 1. The summed E-state index contributed by atoms with van der Waals surface area (Å²) < 4.78 is 6.94. The Morgan fingerprint density at radius 1 is 1.11 bits per heavy atom. The van der Waals surface area contributed by atoms with E-state index in [1.165, 1.54) is 36.1 Å². The van der Waals surface area contributed by atoms with Crippen LogP contribution in [-0.2, 0) is 11.2 Å². The maximum atomic E-state index is 13.5. The number of aromatic nitrogens is 1. The zero-order valence-electron chi connectivity index (χ0n) is 20.5. The molecule has 0 spiro atoms. The van der Waals surface area contributed by atoms with Gasteiger partial charge in [0.05, 0.1) is 36.5 Å². The van der Waals surface area contributed by atoms with Crippen molar-refractivity contribution in [3.8, 4) is 22.9 Å². The first-order valence-electron chi connectivity index (χ1n) is 11.3. The SMILES string of the molecule is COc1cn(C(CC(C)(C)C)C(=O)Cc2ccc(C(=O)O)cc2)c(=O)cc1-c1cc(Cl)ccc1C#N. The van der Waals surface area contributed by atoms with Crippen LogP contribution in [0, 0.1) is 16.7 Å². The van der Waals surface area contributed by atoms with Crippen LogP contribution in [0.25, 0.3) is 11.1 Å². The third-order valence-electron chi connectivity index (χ3n) is 5.75. The Bertz CT molecular complexity index is 1400. The van der Waals surface area contributed by atoms with Crippen molar-refractivity contribution < 1.29 is 19.4 Å². The Morgan fingerprint density at radius 3 is 2.33 bits per heavy atom. The molecule has 186 valence electrons. The van der Waals surface area contributed by atoms with Crippen molar-refractivity contribution in [1.29, 1.82) is 5.26 Å². The molecular formula is C28H27ClN2O5. The minimum Gasteiger partial charge on any atom is -0.495 e. The maximum Gasteiger partial charge on any atom is 0.335 e. The lowest BCUT2D eigenvalue weighted by Gasteiger charge is -2.27. The fourth-order valence-electron chi connectivity index (χ4n) is 4.01. The van der Waals surface area contributed by atoms with E-state index in [2.05, 4.69) is 6.07 Å². The number of halogens is 1. The number of carbonyl (C=O) groups excluding carboxylic acids is 1. The predicted octanol–water partition coefficient (Wildman–Crippen LogP) is 5.54. The van der Waals surface area contributed by atoms with Crippen LogP contribution in [0.2, 0.25) is 5.02 Å². The lowest BCUT2D eigenvalue weighted by Crippen LogP contribution is -2.33. The van der Waals surface area contributed by atoms with Gasteiger partial charge >= 0.3 is 5.97 Å². The van der Waals surface area contributed by atoms with Gasteiger partial charge in [0.1, 0.15) is 5.75 Å². The number of carbonyl (C=O) groups is 2. The van der Waals surface area contributed by atoms with Crippen LogP contribution >= 0.6 is 11.6 Å². The number of ether oxygens (including phenoxy) is 1. The Hall–Kier alpha value is -3.89. The molecule has 0 aliphatic rings. The van der Waals surface area contributed by atoms with E-state index in [-0.39, 0.29) is 23.2 Å². The molecule has 1 N–H and O–H groups in total. The molecule has 3 rings (SSSR count). The number of rotatable bonds is 8. The first-order valence-corrected chi connectivity index (χ1v) is 11.7. The Kier molecular flexibility index (Phi) is 8.01. The molecular weight excluding hydrogens is 480 g/mol. The number of Topliss-reactive ketones (excluding diaryl/α,β-unsaturated/α-hetero) is 1. The third kappa shape index (κ3) is 6.21. The molecule has 1 aromatic heterocycles.